The molecular weight excluding hydrogens is 458 g/mol. The van der Waals surface area contributed by atoms with Gasteiger partial charge in [0, 0.05) is 75.2 Å². The molecule has 0 bridgehead atoms. The molecule has 188 valence electrons. The molecule has 2 aromatic heterocycles. The van der Waals surface area contributed by atoms with E-state index in [1.165, 1.54) is 0 Å². The van der Waals surface area contributed by atoms with Crippen molar-refractivity contribution in [3.05, 3.63) is 42.2 Å². The molecule has 1 atom stereocenters. The quantitative estimate of drug-likeness (QED) is 0.430. The van der Waals surface area contributed by atoms with Crippen LogP contribution in [0.5, 0.6) is 5.75 Å². The molecular formula is C26H31N7O3. The second-order valence-corrected chi connectivity index (χ2v) is 9.69. The van der Waals surface area contributed by atoms with Gasteiger partial charge in [-0.15, -0.1) is 0 Å². The van der Waals surface area contributed by atoms with Gasteiger partial charge in [0.25, 0.3) is 5.91 Å². The van der Waals surface area contributed by atoms with Gasteiger partial charge in [-0.1, -0.05) is 0 Å². The van der Waals surface area contributed by atoms with Crippen molar-refractivity contribution in [3.63, 3.8) is 0 Å². The fraction of sp³-hybridized carbons (Fsp3) is 0.423. The lowest BCUT2D eigenvalue weighted by Crippen LogP contribution is -2.52. The van der Waals surface area contributed by atoms with Crippen molar-refractivity contribution in [1.82, 2.24) is 24.9 Å². The number of aryl methyl sites for hydroxylation is 2. The summed E-state index contributed by atoms with van der Waals surface area (Å²) in [5.74, 6) is 0.327. The summed E-state index contributed by atoms with van der Waals surface area (Å²) in [7, 11) is 5.34. The van der Waals surface area contributed by atoms with E-state index in [2.05, 4.69) is 25.7 Å². The van der Waals surface area contributed by atoms with E-state index >= 15 is 0 Å². The SMILES string of the molecule is COc1cc2nn(C)cc2cc1NC(=O)c1ccc(N2CCCC(OC3CNC3)C2)c2cn(C)nc12. The second-order valence-electron chi connectivity index (χ2n) is 9.69. The molecule has 0 aliphatic carbocycles. The second kappa shape index (κ2) is 9.11. The molecule has 2 N–H and O–H groups in total. The molecule has 4 aromatic rings. The Labute approximate surface area is 209 Å². The molecule has 4 heterocycles. The summed E-state index contributed by atoms with van der Waals surface area (Å²) in [6, 6.07) is 7.62. The molecule has 10 heteroatoms. The van der Waals surface area contributed by atoms with E-state index in [4.69, 9.17) is 9.47 Å². The number of rotatable bonds is 6. The van der Waals surface area contributed by atoms with Gasteiger partial charge in [0.15, 0.2) is 0 Å². The van der Waals surface area contributed by atoms with E-state index < -0.39 is 0 Å². The summed E-state index contributed by atoms with van der Waals surface area (Å²) in [6.45, 7) is 3.67. The number of methoxy groups -OCH3 is 1. The summed E-state index contributed by atoms with van der Waals surface area (Å²) in [4.78, 5) is 15.8. The highest BCUT2D eigenvalue weighted by Gasteiger charge is 2.28. The Bertz CT molecular complexity index is 1440. The van der Waals surface area contributed by atoms with Gasteiger partial charge in [0.05, 0.1) is 36.1 Å². The average Bonchev–Trinajstić information content (AvgIpc) is 3.40. The lowest BCUT2D eigenvalue weighted by Gasteiger charge is -2.38. The van der Waals surface area contributed by atoms with Crippen molar-refractivity contribution >= 4 is 39.1 Å². The molecule has 2 saturated heterocycles. The number of ether oxygens (including phenoxy) is 2. The Kier molecular flexibility index (Phi) is 5.77. The van der Waals surface area contributed by atoms with Gasteiger partial charge in [-0.3, -0.25) is 14.2 Å². The summed E-state index contributed by atoms with van der Waals surface area (Å²) in [5, 5.41) is 17.3. The molecule has 1 unspecified atom stereocenters. The fourth-order valence-electron chi connectivity index (χ4n) is 5.20. The number of piperidine rings is 1. The molecule has 0 radical (unpaired) electrons. The number of amides is 1. The third-order valence-corrected chi connectivity index (χ3v) is 7.05. The van der Waals surface area contributed by atoms with Gasteiger partial charge in [-0.25, -0.2) is 0 Å². The zero-order valence-corrected chi connectivity index (χ0v) is 20.8. The number of carbonyl (C=O) groups excluding carboxylic acids is 1. The number of hydrogen-bond donors (Lipinski definition) is 2. The maximum Gasteiger partial charge on any atom is 0.258 e. The normalized spacial score (nSPS) is 18.5. The number of carbonyl (C=O) groups is 1. The Balaban J connectivity index is 1.29. The van der Waals surface area contributed by atoms with E-state index in [-0.39, 0.29) is 12.0 Å². The minimum absolute atomic E-state index is 0.218. The zero-order valence-electron chi connectivity index (χ0n) is 20.8. The van der Waals surface area contributed by atoms with Gasteiger partial charge in [0.2, 0.25) is 0 Å². The summed E-state index contributed by atoms with van der Waals surface area (Å²) in [5.41, 5.74) is 3.69. The van der Waals surface area contributed by atoms with Gasteiger partial charge in [-0.05, 0) is 31.0 Å². The van der Waals surface area contributed by atoms with Crippen LogP contribution in [0, 0.1) is 0 Å². The molecule has 2 fully saturated rings. The van der Waals surface area contributed by atoms with Crippen molar-refractivity contribution < 1.29 is 14.3 Å². The smallest absolute Gasteiger partial charge is 0.258 e. The monoisotopic (exact) mass is 489 g/mol. The predicted octanol–water partition coefficient (Wildman–Crippen LogP) is 2.68. The van der Waals surface area contributed by atoms with Crippen LogP contribution in [0.1, 0.15) is 23.2 Å². The third-order valence-electron chi connectivity index (χ3n) is 7.05. The summed E-state index contributed by atoms with van der Waals surface area (Å²) in [6.07, 6.45) is 6.59. The van der Waals surface area contributed by atoms with Crippen molar-refractivity contribution in [3.8, 4) is 5.75 Å². The highest BCUT2D eigenvalue weighted by Crippen LogP contribution is 2.34. The standard InChI is InChI=1S/C26H31N7O3/c1-31-13-16-9-22(24(35-3)10-21(16)29-31)28-26(34)19-6-7-23(20-15-32(2)30-25(19)20)33-8-4-5-17(14-33)36-18-11-27-12-18/h6-7,9-10,13,15,17-18,27H,4-5,8,11-12,14H2,1-3H3,(H,28,34). The molecule has 36 heavy (non-hydrogen) atoms. The van der Waals surface area contributed by atoms with Gasteiger partial charge in [0.1, 0.15) is 11.3 Å². The van der Waals surface area contributed by atoms with Crippen molar-refractivity contribution in [2.75, 3.05) is 43.5 Å². The fourth-order valence-corrected chi connectivity index (χ4v) is 5.20. The molecule has 2 aliphatic heterocycles. The largest absolute Gasteiger partial charge is 0.494 e. The zero-order chi connectivity index (χ0) is 24.8. The van der Waals surface area contributed by atoms with E-state index in [1.54, 1.807) is 16.5 Å². The lowest BCUT2D eigenvalue weighted by molar-refractivity contribution is -0.0418. The van der Waals surface area contributed by atoms with Crippen LogP contribution in [0.2, 0.25) is 0 Å². The van der Waals surface area contributed by atoms with Crippen molar-refractivity contribution in [2.45, 2.75) is 25.0 Å². The third kappa shape index (κ3) is 4.16. The Morgan fingerprint density at radius 2 is 1.94 bits per heavy atom. The molecule has 10 nitrogen and oxygen atoms in total. The van der Waals surface area contributed by atoms with Crippen LogP contribution >= 0.6 is 0 Å². The average molecular weight is 490 g/mol. The Morgan fingerprint density at radius 3 is 2.72 bits per heavy atom. The number of benzene rings is 2. The molecule has 6 rings (SSSR count). The number of anilines is 2. The number of hydrogen-bond acceptors (Lipinski definition) is 7. The molecule has 2 aliphatic rings. The Morgan fingerprint density at radius 1 is 1.11 bits per heavy atom. The summed E-state index contributed by atoms with van der Waals surface area (Å²) >= 11 is 0. The van der Waals surface area contributed by atoms with Crippen LogP contribution in [-0.2, 0) is 18.8 Å². The maximum atomic E-state index is 13.5. The van der Waals surface area contributed by atoms with E-state index in [0.29, 0.717) is 28.6 Å². The molecule has 0 spiro atoms. The topological polar surface area (TPSA) is 98.5 Å². The van der Waals surface area contributed by atoms with Crippen LogP contribution in [0.3, 0.4) is 0 Å². The van der Waals surface area contributed by atoms with Crippen LogP contribution in [-0.4, -0.2) is 71.0 Å². The minimum atomic E-state index is -0.232. The van der Waals surface area contributed by atoms with Gasteiger partial charge >= 0.3 is 0 Å². The minimum Gasteiger partial charge on any atom is -0.494 e. The van der Waals surface area contributed by atoms with E-state index in [0.717, 1.165) is 61.0 Å². The van der Waals surface area contributed by atoms with E-state index in [1.807, 2.05) is 50.8 Å². The van der Waals surface area contributed by atoms with Crippen LogP contribution in [0.4, 0.5) is 11.4 Å². The first-order valence-corrected chi connectivity index (χ1v) is 12.4. The number of aromatic nitrogens is 4. The van der Waals surface area contributed by atoms with E-state index in [9.17, 15) is 4.79 Å². The molecule has 2 aromatic carbocycles. The summed E-state index contributed by atoms with van der Waals surface area (Å²) < 4.78 is 15.3. The first-order chi connectivity index (χ1) is 17.5. The van der Waals surface area contributed by atoms with Crippen molar-refractivity contribution in [2.24, 2.45) is 14.1 Å². The van der Waals surface area contributed by atoms with Crippen LogP contribution in [0.25, 0.3) is 21.8 Å². The number of nitrogens with zero attached hydrogens (tertiary/aromatic N) is 5. The Hall–Kier alpha value is -3.63. The molecule has 1 amide bonds. The highest BCUT2D eigenvalue weighted by atomic mass is 16.5. The van der Waals surface area contributed by atoms with Crippen LogP contribution in [0.15, 0.2) is 36.7 Å². The number of nitrogens with one attached hydrogen (secondary N) is 2. The first-order valence-electron chi connectivity index (χ1n) is 12.4. The van der Waals surface area contributed by atoms with Gasteiger partial charge in [-0.2, -0.15) is 10.2 Å². The van der Waals surface area contributed by atoms with Gasteiger partial charge < -0.3 is 25.0 Å². The number of fused-ring (bicyclic) bond motifs is 2. The first kappa shape index (κ1) is 22.8. The lowest BCUT2D eigenvalue weighted by atomic mass is 10.0. The maximum absolute atomic E-state index is 13.5. The van der Waals surface area contributed by atoms with Crippen molar-refractivity contribution in [1.29, 1.82) is 0 Å². The predicted molar refractivity (Wildman–Crippen MR) is 139 cm³/mol. The molecule has 0 saturated carbocycles. The highest BCUT2D eigenvalue weighted by molar-refractivity contribution is 6.14. The van der Waals surface area contributed by atoms with Crippen LogP contribution < -0.4 is 20.3 Å².